The molecular formula is C13H14N4O4. The lowest BCUT2D eigenvalue weighted by Crippen LogP contribution is -2.37. The van der Waals surface area contributed by atoms with E-state index in [1.807, 2.05) is 0 Å². The molecule has 0 N–H and O–H groups in total. The van der Waals surface area contributed by atoms with Crippen LogP contribution in [0.1, 0.15) is 38.5 Å². The third-order valence-electron chi connectivity index (χ3n) is 3.85. The van der Waals surface area contributed by atoms with Gasteiger partial charge in [0, 0.05) is 23.8 Å². The summed E-state index contributed by atoms with van der Waals surface area (Å²) in [5.74, 6) is 0.0344. The third kappa shape index (κ3) is 2.45. The molecule has 1 saturated carbocycles. The number of benzene rings is 1. The van der Waals surface area contributed by atoms with E-state index < -0.39 is 10.7 Å². The summed E-state index contributed by atoms with van der Waals surface area (Å²) in [5.41, 5.74) is 8.18. The van der Waals surface area contributed by atoms with Crippen LogP contribution in [0.5, 0.6) is 11.5 Å². The van der Waals surface area contributed by atoms with Crippen molar-refractivity contribution in [3.05, 3.63) is 32.7 Å². The van der Waals surface area contributed by atoms with E-state index in [1.54, 1.807) is 0 Å². The maximum Gasteiger partial charge on any atom is 0.282 e. The molecule has 1 aliphatic carbocycles. The van der Waals surface area contributed by atoms with Crippen molar-refractivity contribution in [2.45, 2.75) is 44.3 Å². The molecule has 110 valence electrons. The van der Waals surface area contributed by atoms with Crippen molar-refractivity contribution in [1.82, 2.24) is 0 Å². The summed E-state index contributed by atoms with van der Waals surface area (Å²) in [4.78, 5) is 13.1. The lowest BCUT2D eigenvalue weighted by Gasteiger charge is -2.25. The smallest absolute Gasteiger partial charge is 0.282 e. The van der Waals surface area contributed by atoms with Crippen molar-refractivity contribution >= 4 is 11.4 Å². The standard InChI is InChI=1S/C13H14N4O4/c14-16-15-9-7-11-12(8-10(9)17(18)19)21-13(20-11)5-3-1-2-4-6-13/h7-8H,1-6H2. The van der Waals surface area contributed by atoms with Gasteiger partial charge in [-0.2, -0.15) is 0 Å². The predicted molar refractivity (Wildman–Crippen MR) is 73.6 cm³/mol. The molecule has 8 heteroatoms. The molecule has 0 aromatic heterocycles. The highest BCUT2D eigenvalue weighted by atomic mass is 16.7. The molecule has 0 bridgehead atoms. The Balaban J connectivity index is 1.99. The number of nitro benzene ring substituents is 1. The molecule has 0 amide bonds. The van der Waals surface area contributed by atoms with Crippen molar-refractivity contribution < 1.29 is 14.4 Å². The Hall–Kier alpha value is -2.47. The number of hydrogen-bond donors (Lipinski definition) is 0. The van der Waals surface area contributed by atoms with Crippen LogP contribution in [0.15, 0.2) is 17.2 Å². The second-order valence-corrected chi connectivity index (χ2v) is 5.26. The van der Waals surface area contributed by atoms with Gasteiger partial charge in [-0.3, -0.25) is 10.1 Å². The summed E-state index contributed by atoms with van der Waals surface area (Å²) in [6, 6.07) is 2.66. The molecule has 0 radical (unpaired) electrons. The zero-order chi connectivity index (χ0) is 14.9. The molecule has 1 aliphatic heterocycles. The molecule has 8 nitrogen and oxygen atoms in total. The van der Waals surface area contributed by atoms with Gasteiger partial charge in [-0.15, -0.1) is 0 Å². The van der Waals surface area contributed by atoms with Crippen LogP contribution in [-0.4, -0.2) is 10.7 Å². The first kappa shape index (κ1) is 13.5. The Morgan fingerprint density at radius 1 is 1.19 bits per heavy atom. The Morgan fingerprint density at radius 3 is 2.38 bits per heavy atom. The predicted octanol–water partition coefficient (Wildman–Crippen LogP) is 4.36. The average Bonchev–Trinajstić information content (AvgIpc) is 2.62. The van der Waals surface area contributed by atoms with E-state index in [0.717, 1.165) is 38.5 Å². The van der Waals surface area contributed by atoms with Crippen LogP contribution in [0.2, 0.25) is 0 Å². The molecule has 21 heavy (non-hydrogen) atoms. The second-order valence-electron chi connectivity index (χ2n) is 5.26. The molecule has 1 spiro atoms. The maximum atomic E-state index is 11.0. The maximum absolute atomic E-state index is 11.0. The van der Waals surface area contributed by atoms with Gasteiger partial charge in [0.2, 0.25) is 0 Å². The van der Waals surface area contributed by atoms with Crippen LogP contribution in [0.3, 0.4) is 0 Å². The van der Waals surface area contributed by atoms with Crippen molar-refractivity contribution in [1.29, 1.82) is 0 Å². The third-order valence-corrected chi connectivity index (χ3v) is 3.85. The SMILES string of the molecule is [N-]=[N+]=Nc1cc2c(cc1[N+](=O)[O-])OC1(CCCCCC1)O2. The van der Waals surface area contributed by atoms with E-state index in [-0.39, 0.29) is 11.4 Å². The van der Waals surface area contributed by atoms with Crippen LogP contribution in [0, 0.1) is 10.1 Å². The fourth-order valence-electron chi connectivity index (χ4n) is 2.87. The first-order valence-electron chi connectivity index (χ1n) is 6.89. The van der Waals surface area contributed by atoms with E-state index >= 15 is 0 Å². The zero-order valence-electron chi connectivity index (χ0n) is 11.3. The normalized spacial score (nSPS) is 18.9. The van der Waals surface area contributed by atoms with Gasteiger partial charge < -0.3 is 9.47 Å². The van der Waals surface area contributed by atoms with E-state index in [1.165, 1.54) is 12.1 Å². The fraction of sp³-hybridized carbons (Fsp3) is 0.538. The summed E-state index contributed by atoms with van der Waals surface area (Å²) < 4.78 is 11.8. The summed E-state index contributed by atoms with van der Waals surface area (Å²) in [6.45, 7) is 0. The molecular weight excluding hydrogens is 276 g/mol. The van der Waals surface area contributed by atoms with Gasteiger partial charge in [-0.1, -0.05) is 18.0 Å². The largest absolute Gasteiger partial charge is 0.448 e. The van der Waals surface area contributed by atoms with Gasteiger partial charge in [0.05, 0.1) is 11.0 Å². The minimum Gasteiger partial charge on any atom is -0.448 e. The monoisotopic (exact) mass is 290 g/mol. The number of ether oxygens (including phenoxy) is 2. The molecule has 1 fully saturated rings. The molecule has 1 heterocycles. The van der Waals surface area contributed by atoms with Gasteiger partial charge in [-0.05, 0) is 18.4 Å². The molecule has 0 atom stereocenters. The van der Waals surface area contributed by atoms with Crippen molar-refractivity contribution in [3.63, 3.8) is 0 Å². The first-order chi connectivity index (χ1) is 10.1. The lowest BCUT2D eigenvalue weighted by atomic mass is 10.1. The van der Waals surface area contributed by atoms with E-state index in [2.05, 4.69) is 10.0 Å². The van der Waals surface area contributed by atoms with Crippen LogP contribution >= 0.6 is 0 Å². The Bertz CT molecular complexity index is 598. The quantitative estimate of drug-likeness (QED) is 0.265. The number of rotatable bonds is 2. The highest BCUT2D eigenvalue weighted by Crippen LogP contribution is 2.49. The van der Waals surface area contributed by atoms with Crippen LogP contribution in [0.25, 0.3) is 10.4 Å². The molecule has 2 aliphatic rings. The molecule has 0 saturated heterocycles. The van der Waals surface area contributed by atoms with Gasteiger partial charge in [0.15, 0.2) is 11.5 Å². The van der Waals surface area contributed by atoms with E-state index in [4.69, 9.17) is 15.0 Å². The van der Waals surface area contributed by atoms with Crippen molar-refractivity contribution in [2.24, 2.45) is 5.11 Å². The van der Waals surface area contributed by atoms with Crippen LogP contribution in [-0.2, 0) is 0 Å². The topological polar surface area (TPSA) is 110 Å². The van der Waals surface area contributed by atoms with E-state index in [0.29, 0.717) is 11.5 Å². The Kier molecular flexibility index (Phi) is 3.31. The molecule has 1 aromatic rings. The van der Waals surface area contributed by atoms with Crippen LogP contribution in [0.4, 0.5) is 11.4 Å². The lowest BCUT2D eigenvalue weighted by molar-refractivity contribution is -0.384. The Morgan fingerprint density at radius 2 is 1.81 bits per heavy atom. The fourth-order valence-corrected chi connectivity index (χ4v) is 2.87. The molecule has 3 rings (SSSR count). The second kappa shape index (κ2) is 5.14. The number of nitrogens with zero attached hydrogens (tertiary/aromatic N) is 4. The zero-order valence-corrected chi connectivity index (χ0v) is 11.3. The number of azide groups is 1. The average molecular weight is 290 g/mol. The summed E-state index contributed by atoms with van der Waals surface area (Å²) >= 11 is 0. The van der Waals surface area contributed by atoms with Gasteiger partial charge >= 0.3 is 0 Å². The minimum absolute atomic E-state index is 0.0597. The van der Waals surface area contributed by atoms with Gasteiger partial charge in [0.1, 0.15) is 5.69 Å². The number of hydrogen-bond acceptors (Lipinski definition) is 5. The highest BCUT2D eigenvalue weighted by molar-refractivity contribution is 5.66. The summed E-state index contributed by atoms with van der Waals surface area (Å²) in [6.07, 6.45) is 5.78. The minimum atomic E-state index is -0.721. The van der Waals surface area contributed by atoms with Crippen molar-refractivity contribution in [3.8, 4) is 11.5 Å². The Labute approximate surface area is 120 Å². The van der Waals surface area contributed by atoms with Gasteiger partial charge in [0.25, 0.3) is 11.5 Å². The highest BCUT2D eigenvalue weighted by Gasteiger charge is 2.42. The van der Waals surface area contributed by atoms with E-state index in [9.17, 15) is 10.1 Å². The molecule has 1 aromatic carbocycles. The van der Waals surface area contributed by atoms with Gasteiger partial charge in [-0.25, -0.2) is 0 Å². The summed E-state index contributed by atoms with van der Waals surface area (Å²) in [7, 11) is 0. The van der Waals surface area contributed by atoms with Crippen molar-refractivity contribution in [2.75, 3.05) is 0 Å². The number of fused-ring (bicyclic) bond motifs is 1. The number of nitro groups is 1. The van der Waals surface area contributed by atoms with Crippen LogP contribution < -0.4 is 9.47 Å². The summed E-state index contributed by atoms with van der Waals surface area (Å²) in [5, 5.41) is 14.4. The molecule has 0 unspecified atom stereocenters. The first-order valence-corrected chi connectivity index (χ1v) is 6.89.